The topological polar surface area (TPSA) is 40.5 Å². The highest BCUT2D eigenvalue weighted by Crippen LogP contribution is 2.26. The van der Waals surface area contributed by atoms with Crippen molar-refractivity contribution in [2.24, 2.45) is 5.92 Å². The van der Waals surface area contributed by atoms with Gasteiger partial charge in [0.05, 0.1) is 12.6 Å². The summed E-state index contributed by atoms with van der Waals surface area (Å²) >= 11 is 3.43. The minimum Gasteiger partial charge on any atom is -0.394 e. The highest BCUT2D eigenvalue weighted by Gasteiger charge is 2.34. The Balaban J connectivity index is 2.23. The van der Waals surface area contributed by atoms with Gasteiger partial charge >= 0.3 is 0 Å². The molecule has 4 heteroatoms. The van der Waals surface area contributed by atoms with Crippen molar-refractivity contribution in [2.45, 2.75) is 26.3 Å². The van der Waals surface area contributed by atoms with Gasteiger partial charge < -0.3 is 10.0 Å². The van der Waals surface area contributed by atoms with E-state index in [9.17, 15) is 9.90 Å². The Morgan fingerprint density at radius 3 is 2.89 bits per heavy atom. The number of hydrogen-bond acceptors (Lipinski definition) is 2. The smallest absolute Gasteiger partial charge is 0.254 e. The summed E-state index contributed by atoms with van der Waals surface area (Å²) in [5, 5.41) is 9.40. The number of amides is 1. The predicted octanol–water partition coefficient (Wildman–Crippen LogP) is 2.60. The minimum atomic E-state index is -0.0403. The van der Waals surface area contributed by atoms with Crippen LogP contribution in [0, 0.1) is 12.8 Å². The largest absolute Gasteiger partial charge is 0.394 e. The van der Waals surface area contributed by atoms with Gasteiger partial charge in [-0.2, -0.15) is 0 Å². The number of halogens is 1. The highest BCUT2D eigenvalue weighted by atomic mass is 79.9. The summed E-state index contributed by atoms with van der Waals surface area (Å²) in [6.45, 7) is 4.83. The van der Waals surface area contributed by atoms with Crippen molar-refractivity contribution in [1.82, 2.24) is 4.90 Å². The third-order valence-electron chi connectivity index (χ3n) is 3.74. The molecule has 0 spiro atoms. The molecule has 1 heterocycles. The molecule has 0 bridgehead atoms. The second kappa shape index (κ2) is 5.41. The van der Waals surface area contributed by atoms with E-state index in [2.05, 4.69) is 22.9 Å². The average Bonchev–Trinajstić information content (AvgIpc) is 2.73. The molecule has 98 valence electrons. The third-order valence-corrected chi connectivity index (χ3v) is 4.63. The molecule has 1 aliphatic heterocycles. The molecule has 1 N–H and O–H groups in total. The van der Waals surface area contributed by atoms with Crippen LogP contribution in [-0.2, 0) is 0 Å². The van der Waals surface area contributed by atoms with Crippen LogP contribution in [0.2, 0.25) is 0 Å². The number of aliphatic hydroxyl groups excluding tert-OH is 1. The summed E-state index contributed by atoms with van der Waals surface area (Å²) in [7, 11) is 0. The van der Waals surface area contributed by atoms with Crippen LogP contribution in [-0.4, -0.2) is 35.1 Å². The van der Waals surface area contributed by atoms with Crippen LogP contribution < -0.4 is 0 Å². The SMILES string of the molecule is Cc1cc(C(=O)N2CCC(C)C2CO)ccc1Br. The van der Waals surface area contributed by atoms with Gasteiger partial charge in [0.1, 0.15) is 0 Å². The number of likely N-dealkylation sites (tertiary alicyclic amines) is 1. The number of rotatable bonds is 2. The quantitative estimate of drug-likeness (QED) is 0.912. The number of aryl methyl sites for hydroxylation is 1. The number of nitrogens with zero attached hydrogens (tertiary/aromatic N) is 1. The zero-order valence-electron chi connectivity index (χ0n) is 10.7. The Kier molecular flexibility index (Phi) is 4.07. The molecule has 18 heavy (non-hydrogen) atoms. The molecule has 0 saturated carbocycles. The molecule has 1 aliphatic rings. The zero-order valence-corrected chi connectivity index (χ0v) is 12.3. The number of carbonyl (C=O) groups excluding carboxylic acids is 1. The summed E-state index contributed by atoms with van der Waals surface area (Å²) in [6.07, 6.45) is 0.965. The number of aliphatic hydroxyl groups is 1. The second-order valence-electron chi connectivity index (χ2n) is 4.98. The molecular weight excluding hydrogens is 294 g/mol. The van der Waals surface area contributed by atoms with Gasteiger partial charge in [-0.05, 0) is 43.0 Å². The minimum absolute atomic E-state index is 0.0222. The fraction of sp³-hybridized carbons (Fsp3) is 0.500. The van der Waals surface area contributed by atoms with Crippen molar-refractivity contribution in [3.8, 4) is 0 Å². The van der Waals surface area contributed by atoms with E-state index in [1.807, 2.05) is 25.1 Å². The maximum atomic E-state index is 12.4. The molecule has 1 aromatic rings. The van der Waals surface area contributed by atoms with E-state index >= 15 is 0 Å². The van der Waals surface area contributed by atoms with Gasteiger partial charge in [0, 0.05) is 16.6 Å². The van der Waals surface area contributed by atoms with Crippen molar-refractivity contribution < 1.29 is 9.90 Å². The molecule has 0 radical (unpaired) electrons. The van der Waals surface area contributed by atoms with Gasteiger partial charge in [0.15, 0.2) is 0 Å². The van der Waals surface area contributed by atoms with E-state index in [0.29, 0.717) is 11.5 Å². The van der Waals surface area contributed by atoms with Crippen LogP contribution in [0.15, 0.2) is 22.7 Å². The molecule has 2 atom stereocenters. The Labute approximate surface area is 116 Å². The molecule has 2 unspecified atom stereocenters. The molecule has 3 nitrogen and oxygen atoms in total. The molecular formula is C14H18BrNO2. The van der Waals surface area contributed by atoms with E-state index < -0.39 is 0 Å². The van der Waals surface area contributed by atoms with Gasteiger partial charge in [-0.3, -0.25) is 4.79 Å². The average molecular weight is 312 g/mol. The Morgan fingerprint density at radius 1 is 1.56 bits per heavy atom. The van der Waals surface area contributed by atoms with Crippen molar-refractivity contribution in [3.63, 3.8) is 0 Å². The Morgan fingerprint density at radius 2 is 2.28 bits per heavy atom. The maximum absolute atomic E-state index is 12.4. The molecule has 1 aromatic carbocycles. The summed E-state index contributed by atoms with van der Waals surface area (Å²) in [4.78, 5) is 14.2. The number of benzene rings is 1. The van der Waals surface area contributed by atoms with E-state index in [1.54, 1.807) is 4.90 Å². The van der Waals surface area contributed by atoms with Crippen molar-refractivity contribution in [2.75, 3.05) is 13.2 Å². The third kappa shape index (κ3) is 2.45. The van der Waals surface area contributed by atoms with Crippen molar-refractivity contribution in [1.29, 1.82) is 0 Å². The van der Waals surface area contributed by atoms with Gasteiger partial charge in [-0.15, -0.1) is 0 Å². The summed E-state index contributed by atoms with van der Waals surface area (Å²) in [6, 6.07) is 5.58. The Bertz CT molecular complexity index is 461. The molecule has 1 saturated heterocycles. The van der Waals surface area contributed by atoms with Crippen molar-refractivity contribution in [3.05, 3.63) is 33.8 Å². The second-order valence-corrected chi connectivity index (χ2v) is 5.83. The van der Waals surface area contributed by atoms with Crippen molar-refractivity contribution >= 4 is 21.8 Å². The lowest BCUT2D eigenvalue weighted by Gasteiger charge is -2.25. The lowest BCUT2D eigenvalue weighted by Crippen LogP contribution is -2.39. The summed E-state index contributed by atoms with van der Waals surface area (Å²) < 4.78 is 1.01. The lowest BCUT2D eigenvalue weighted by atomic mass is 10.0. The van der Waals surface area contributed by atoms with Crippen LogP contribution in [0.1, 0.15) is 29.3 Å². The van der Waals surface area contributed by atoms with E-state index in [-0.39, 0.29) is 18.6 Å². The lowest BCUT2D eigenvalue weighted by molar-refractivity contribution is 0.0648. The van der Waals surface area contributed by atoms with E-state index in [4.69, 9.17) is 0 Å². The zero-order chi connectivity index (χ0) is 13.3. The van der Waals surface area contributed by atoms with Gasteiger partial charge in [-0.1, -0.05) is 22.9 Å². The van der Waals surface area contributed by atoms with E-state index in [0.717, 1.165) is 23.0 Å². The first kappa shape index (κ1) is 13.6. The molecule has 0 aliphatic carbocycles. The summed E-state index contributed by atoms with van der Waals surface area (Å²) in [5.41, 5.74) is 1.75. The predicted molar refractivity (Wildman–Crippen MR) is 74.6 cm³/mol. The molecule has 1 fully saturated rings. The van der Waals surface area contributed by atoms with Crippen LogP contribution in [0.25, 0.3) is 0 Å². The molecule has 1 amide bonds. The highest BCUT2D eigenvalue weighted by molar-refractivity contribution is 9.10. The van der Waals surface area contributed by atoms with Gasteiger partial charge in [0.2, 0.25) is 0 Å². The maximum Gasteiger partial charge on any atom is 0.254 e. The van der Waals surface area contributed by atoms with Gasteiger partial charge in [0.25, 0.3) is 5.91 Å². The van der Waals surface area contributed by atoms with Crippen LogP contribution in [0.5, 0.6) is 0 Å². The number of hydrogen-bond donors (Lipinski definition) is 1. The van der Waals surface area contributed by atoms with E-state index in [1.165, 1.54) is 0 Å². The van der Waals surface area contributed by atoms with Crippen LogP contribution >= 0.6 is 15.9 Å². The van der Waals surface area contributed by atoms with Gasteiger partial charge in [-0.25, -0.2) is 0 Å². The number of carbonyl (C=O) groups is 1. The van der Waals surface area contributed by atoms with Crippen LogP contribution in [0.4, 0.5) is 0 Å². The fourth-order valence-corrected chi connectivity index (χ4v) is 2.73. The molecule has 0 aromatic heterocycles. The van der Waals surface area contributed by atoms with Crippen LogP contribution in [0.3, 0.4) is 0 Å². The normalized spacial score (nSPS) is 23.4. The summed E-state index contributed by atoms with van der Waals surface area (Å²) in [5.74, 6) is 0.393. The fourth-order valence-electron chi connectivity index (χ4n) is 2.48. The standard InChI is InChI=1S/C14H18BrNO2/c1-9-5-6-16(13(9)8-17)14(18)11-3-4-12(15)10(2)7-11/h3-4,7,9,13,17H,5-6,8H2,1-2H3. The Hall–Kier alpha value is -0.870. The first-order valence-electron chi connectivity index (χ1n) is 6.22. The first-order valence-corrected chi connectivity index (χ1v) is 7.02. The monoisotopic (exact) mass is 311 g/mol. The molecule has 2 rings (SSSR count). The first-order chi connectivity index (χ1) is 8.54.